The van der Waals surface area contributed by atoms with Gasteiger partial charge in [-0.25, -0.2) is 4.68 Å². The molecule has 7 heteroatoms. The molecule has 1 aromatic heterocycles. The molecule has 3 aromatic carbocycles. The number of nitrogens with zero attached hydrogens (tertiary/aromatic N) is 3. The first-order valence-corrected chi connectivity index (χ1v) is 9.70. The number of thioether (sulfide) groups is 1. The van der Waals surface area contributed by atoms with Gasteiger partial charge < -0.3 is 0 Å². The highest BCUT2D eigenvalue weighted by Crippen LogP contribution is 2.41. The average molecular weight is 411 g/mol. The largest absolute Gasteiger partial charge is 0.447 e. The first-order chi connectivity index (χ1) is 14.0. The SMILES string of the molecule is FC(F)(F)Sc1c(-c2ccc(-c3ccccc3)cc2)nnn1Cc1ccccc1. The van der Waals surface area contributed by atoms with Crippen LogP contribution in [0.5, 0.6) is 0 Å². The maximum Gasteiger partial charge on any atom is 0.447 e. The third-order valence-corrected chi connectivity index (χ3v) is 5.17. The van der Waals surface area contributed by atoms with E-state index in [1.54, 1.807) is 12.1 Å². The van der Waals surface area contributed by atoms with Gasteiger partial charge in [-0.3, -0.25) is 0 Å². The molecule has 0 saturated heterocycles. The van der Waals surface area contributed by atoms with Gasteiger partial charge in [-0.05, 0) is 16.7 Å². The Labute approximate surface area is 170 Å². The minimum atomic E-state index is -4.44. The summed E-state index contributed by atoms with van der Waals surface area (Å²) in [4.78, 5) is 0. The fraction of sp³-hybridized carbons (Fsp3) is 0.0909. The number of hydrogen-bond donors (Lipinski definition) is 0. The molecule has 0 unspecified atom stereocenters. The van der Waals surface area contributed by atoms with Crippen molar-refractivity contribution in [2.24, 2.45) is 0 Å². The van der Waals surface area contributed by atoms with Crippen molar-refractivity contribution >= 4 is 11.8 Å². The van der Waals surface area contributed by atoms with Gasteiger partial charge in [0.05, 0.1) is 6.54 Å². The zero-order valence-corrected chi connectivity index (χ0v) is 16.0. The summed E-state index contributed by atoms with van der Waals surface area (Å²) in [7, 11) is 0. The minimum Gasteiger partial charge on any atom is -0.233 e. The van der Waals surface area contributed by atoms with E-state index in [1.165, 1.54) is 4.68 Å². The maximum atomic E-state index is 13.2. The molecular weight excluding hydrogens is 395 g/mol. The van der Waals surface area contributed by atoms with Crippen LogP contribution >= 0.6 is 11.8 Å². The van der Waals surface area contributed by atoms with Crippen LogP contribution in [-0.4, -0.2) is 20.5 Å². The van der Waals surface area contributed by atoms with E-state index in [9.17, 15) is 13.2 Å². The van der Waals surface area contributed by atoms with Gasteiger partial charge in [0.15, 0.2) is 0 Å². The smallest absolute Gasteiger partial charge is 0.233 e. The Kier molecular flexibility index (Phi) is 5.40. The summed E-state index contributed by atoms with van der Waals surface area (Å²) in [6, 6.07) is 26.3. The van der Waals surface area contributed by atoms with Crippen molar-refractivity contribution in [2.75, 3.05) is 0 Å². The molecule has 4 aromatic rings. The number of alkyl halides is 3. The Morgan fingerprint density at radius 2 is 1.28 bits per heavy atom. The van der Waals surface area contributed by atoms with Gasteiger partial charge in [-0.1, -0.05) is 90.1 Å². The third-order valence-electron chi connectivity index (χ3n) is 4.34. The molecule has 0 radical (unpaired) electrons. The lowest BCUT2D eigenvalue weighted by Crippen LogP contribution is -2.08. The van der Waals surface area contributed by atoms with Gasteiger partial charge in [-0.15, -0.1) is 5.10 Å². The zero-order valence-electron chi connectivity index (χ0n) is 15.2. The van der Waals surface area contributed by atoms with E-state index < -0.39 is 5.51 Å². The molecule has 146 valence electrons. The predicted molar refractivity (Wildman–Crippen MR) is 108 cm³/mol. The molecule has 0 aliphatic rings. The molecule has 4 rings (SSSR count). The van der Waals surface area contributed by atoms with Crippen molar-refractivity contribution in [3.05, 3.63) is 90.5 Å². The second-order valence-corrected chi connectivity index (χ2v) is 7.43. The fourth-order valence-corrected chi connectivity index (χ4v) is 3.69. The second-order valence-electron chi connectivity index (χ2n) is 6.38. The highest BCUT2D eigenvalue weighted by Gasteiger charge is 2.34. The first-order valence-electron chi connectivity index (χ1n) is 8.88. The fourth-order valence-electron chi connectivity index (χ4n) is 3.01. The van der Waals surface area contributed by atoms with E-state index in [0.29, 0.717) is 5.56 Å². The molecule has 0 N–H and O–H groups in total. The number of halogens is 3. The van der Waals surface area contributed by atoms with Gasteiger partial charge in [0.1, 0.15) is 10.7 Å². The lowest BCUT2D eigenvalue weighted by Gasteiger charge is -2.10. The Hall–Kier alpha value is -3.06. The van der Waals surface area contributed by atoms with Crippen molar-refractivity contribution in [1.29, 1.82) is 0 Å². The van der Waals surface area contributed by atoms with Gasteiger partial charge in [0.2, 0.25) is 0 Å². The van der Waals surface area contributed by atoms with E-state index in [0.717, 1.165) is 16.7 Å². The molecule has 1 heterocycles. The summed E-state index contributed by atoms with van der Waals surface area (Å²) in [5.74, 6) is 0. The number of benzene rings is 3. The van der Waals surface area contributed by atoms with Crippen LogP contribution in [0.25, 0.3) is 22.4 Å². The second kappa shape index (κ2) is 8.13. The van der Waals surface area contributed by atoms with E-state index in [1.807, 2.05) is 72.8 Å². The van der Waals surface area contributed by atoms with Crippen LogP contribution in [0.4, 0.5) is 13.2 Å². The number of hydrogen-bond acceptors (Lipinski definition) is 3. The van der Waals surface area contributed by atoms with Crippen molar-refractivity contribution in [1.82, 2.24) is 15.0 Å². The summed E-state index contributed by atoms with van der Waals surface area (Å²) in [6.45, 7) is 0.217. The summed E-state index contributed by atoms with van der Waals surface area (Å²) >= 11 is -0.187. The van der Waals surface area contributed by atoms with Gasteiger partial charge >= 0.3 is 5.51 Å². The van der Waals surface area contributed by atoms with Gasteiger partial charge in [-0.2, -0.15) is 13.2 Å². The maximum absolute atomic E-state index is 13.2. The van der Waals surface area contributed by atoms with Crippen molar-refractivity contribution in [3.8, 4) is 22.4 Å². The van der Waals surface area contributed by atoms with Crippen LogP contribution in [0, 0.1) is 0 Å². The van der Waals surface area contributed by atoms with Crippen molar-refractivity contribution in [2.45, 2.75) is 17.1 Å². The molecule has 0 bridgehead atoms. The van der Waals surface area contributed by atoms with E-state index in [4.69, 9.17) is 0 Å². The van der Waals surface area contributed by atoms with E-state index in [2.05, 4.69) is 10.3 Å². The summed E-state index contributed by atoms with van der Waals surface area (Å²) in [5.41, 5.74) is -0.742. The van der Waals surface area contributed by atoms with Crippen LogP contribution in [0.2, 0.25) is 0 Å². The molecule has 29 heavy (non-hydrogen) atoms. The molecule has 0 saturated carbocycles. The molecule has 0 spiro atoms. The normalized spacial score (nSPS) is 11.6. The molecule has 3 nitrogen and oxygen atoms in total. The minimum absolute atomic E-state index is 0.0196. The van der Waals surface area contributed by atoms with Crippen LogP contribution in [-0.2, 0) is 6.54 Å². The van der Waals surface area contributed by atoms with Gasteiger partial charge in [0.25, 0.3) is 0 Å². The Morgan fingerprint density at radius 3 is 1.90 bits per heavy atom. The van der Waals surface area contributed by atoms with Crippen molar-refractivity contribution in [3.63, 3.8) is 0 Å². The first kappa shape index (κ1) is 19.3. The highest BCUT2D eigenvalue weighted by molar-refractivity contribution is 8.00. The summed E-state index contributed by atoms with van der Waals surface area (Å²) in [5, 5.41) is 8.04. The monoisotopic (exact) mass is 411 g/mol. The molecule has 0 aliphatic carbocycles. The van der Waals surface area contributed by atoms with Crippen LogP contribution < -0.4 is 0 Å². The average Bonchev–Trinajstić information content (AvgIpc) is 3.10. The lowest BCUT2D eigenvalue weighted by atomic mass is 10.0. The van der Waals surface area contributed by atoms with E-state index >= 15 is 0 Å². The standard InChI is InChI=1S/C22H16F3N3S/c23-22(24,25)29-21-20(26-27-28(21)15-16-7-3-1-4-8-16)19-13-11-18(12-14-19)17-9-5-2-6-10-17/h1-14H,15H2. The summed E-state index contributed by atoms with van der Waals surface area (Å²) in [6.07, 6.45) is 0. The van der Waals surface area contributed by atoms with Crippen LogP contribution in [0.15, 0.2) is 90.0 Å². The molecular formula is C22H16F3N3S. The van der Waals surface area contributed by atoms with E-state index in [-0.39, 0.29) is 29.0 Å². The van der Waals surface area contributed by atoms with Gasteiger partial charge in [0, 0.05) is 17.3 Å². The quantitative estimate of drug-likeness (QED) is 0.363. The Morgan fingerprint density at radius 1 is 0.724 bits per heavy atom. The molecule has 0 fully saturated rings. The molecule has 0 amide bonds. The van der Waals surface area contributed by atoms with Crippen LogP contribution in [0.3, 0.4) is 0 Å². The Balaban J connectivity index is 1.69. The topological polar surface area (TPSA) is 30.7 Å². The lowest BCUT2D eigenvalue weighted by molar-refractivity contribution is -0.0330. The summed E-state index contributed by atoms with van der Waals surface area (Å²) < 4.78 is 40.9. The molecule has 0 aliphatic heterocycles. The van der Waals surface area contributed by atoms with Crippen molar-refractivity contribution < 1.29 is 13.2 Å². The zero-order chi connectivity index (χ0) is 20.3. The van der Waals surface area contributed by atoms with Crippen LogP contribution in [0.1, 0.15) is 5.56 Å². The Bertz CT molecular complexity index is 1080. The third kappa shape index (κ3) is 4.68. The predicted octanol–water partition coefficient (Wildman–Crippen LogP) is 6.27. The highest BCUT2D eigenvalue weighted by atomic mass is 32.2. The number of rotatable bonds is 5. The molecule has 0 atom stereocenters. The number of aromatic nitrogens is 3.